The number of fused-ring (bicyclic) bond motifs is 2. The molecule has 1 N–H and O–H groups in total. The molecule has 5 rings (SSSR count). The Labute approximate surface area is 239 Å². The van der Waals surface area contributed by atoms with Gasteiger partial charge in [-0.05, 0) is 37.6 Å². The van der Waals surface area contributed by atoms with Gasteiger partial charge in [0.25, 0.3) is 0 Å². The molecule has 0 radical (unpaired) electrons. The van der Waals surface area contributed by atoms with Gasteiger partial charge in [-0.1, -0.05) is 5.57 Å². The second kappa shape index (κ2) is 16.6. The van der Waals surface area contributed by atoms with Crippen LogP contribution in [0, 0.1) is 6.08 Å². The van der Waals surface area contributed by atoms with E-state index in [-0.39, 0.29) is 59.5 Å². The van der Waals surface area contributed by atoms with Crippen molar-refractivity contribution in [1.82, 2.24) is 0 Å². The first-order valence-corrected chi connectivity index (χ1v) is 10.9. The third-order valence-electron chi connectivity index (χ3n) is 4.55. The Morgan fingerprint density at radius 3 is 1.94 bits per heavy atom. The molecule has 2 aromatic rings. The number of aliphatic hydroxyl groups excluding tert-OH is 1. The van der Waals surface area contributed by atoms with Gasteiger partial charge in [-0.2, -0.15) is 6.92 Å². The Kier molecular flexibility index (Phi) is 14.7. The molecule has 0 bridgehead atoms. The number of aliphatic hydroxyl groups is 1. The second-order valence-corrected chi connectivity index (χ2v) is 7.78. The molecule has 2 aromatic carbocycles. The first-order valence-electron chi connectivity index (χ1n) is 10.9. The average molecular weight is 576 g/mol. The molecule has 2 atom stereocenters. The maximum absolute atomic E-state index is 9.63. The molecule has 3 aliphatic heterocycles. The summed E-state index contributed by atoms with van der Waals surface area (Å²) in [5.74, 6) is 4.38. The summed E-state index contributed by atoms with van der Waals surface area (Å²) in [6.07, 6.45) is 2.79. The molecule has 0 amide bonds. The molecule has 10 heteroatoms. The van der Waals surface area contributed by atoms with Crippen LogP contribution in [0.1, 0.15) is 20.3 Å². The van der Waals surface area contributed by atoms with E-state index in [1.54, 1.807) is 25.1 Å². The monoisotopic (exact) mass is 574 g/mol. The van der Waals surface area contributed by atoms with Gasteiger partial charge in [0.15, 0.2) is 23.0 Å². The van der Waals surface area contributed by atoms with Gasteiger partial charge >= 0.3 is 23.1 Å². The van der Waals surface area contributed by atoms with Gasteiger partial charge in [-0.15, -0.1) is 6.58 Å². The number of ether oxygens (including phenoxy) is 7. The number of hydrogen-bond acceptors (Lipinski definition) is 8. The van der Waals surface area contributed by atoms with E-state index in [2.05, 4.69) is 19.2 Å². The van der Waals surface area contributed by atoms with Crippen molar-refractivity contribution in [2.75, 3.05) is 33.4 Å². The summed E-state index contributed by atoms with van der Waals surface area (Å²) in [5, 5.41) is 9.63. The summed E-state index contributed by atoms with van der Waals surface area (Å²) in [6, 6.07) is 10.9. The minimum atomic E-state index is -0.530. The predicted octanol–water partition coefficient (Wildman–Crippen LogP) is 0.933. The molecule has 0 spiro atoms. The quantitative estimate of drug-likeness (QED) is 0.215. The maximum Gasteiger partial charge on any atom is 2.00 e. The Morgan fingerprint density at radius 2 is 1.47 bits per heavy atom. The maximum atomic E-state index is 9.63. The Bertz CT molecular complexity index is 967. The summed E-state index contributed by atoms with van der Waals surface area (Å²) in [7, 11) is 0. The number of rotatable bonds is 8. The summed E-state index contributed by atoms with van der Waals surface area (Å²) in [4.78, 5) is 0. The fourth-order valence-electron chi connectivity index (χ4n) is 2.94. The molecule has 0 aromatic heterocycles. The van der Waals surface area contributed by atoms with E-state index in [0.29, 0.717) is 31.3 Å². The van der Waals surface area contributed by atoms with Crippen molar-refractivity contribution in [1.29, 1.82) is 0 Å². The van der Waals surface area contributed by atoms with E-state index in [1.165, 1.54) is 0 Å². The van der Waals surface area contributed by atoms with Gasteiger partial charge in [0.05, 0.1) is 12.7 Å². The molecule has 36 heavy (non-hydrogen) atoms. The van der Waals surface area contributed by atoms with Crippen molar-refractivity contribution in [2.24, 2.45) is 0 Å². The van der Waals surface area contributed by atoms with Crippen LogP contribution < -0.4 is 45.4 Å². The van der Waals surface area contributed by atoms with E-state index in [0.717, 1.165) is 35.2 Å². The first-order chi connectivity index (χ1) is 16.5. The molecule has 0 aliphatic carbocycles. The molecule has 0 unspecified atom stereocenters. The van der Waals surface area contributed by atoms with Crippen molar-refractivity contribution < 1.29 is 55.2 Å². The standard InChI is InChI=1S/C13H16O4.C10H10O4.C3H5.BrH.Mg/c1-9(2)5-10(14)7-15-11-3-4-12-13(6-11)17-8-16-12;1-2-9-10(14-6-13-9)3-7(1)11-4-8-5-12-8;1-3-2;;/h3-4,6,10,14H,1,5,7-8H2,2H3;1-3,8H,4-6H2;1H2,2H3;1H;/q;;-1;;+2/p-1/t10-;8-;;;/m11.../s1. The van der Waals surface area contributed by atoms with Gasteiger partial charge in [-0.25, -0.2) is 0 Å². The van der Waals surface area contributed by atoms with Crippen LogP contribution in [0.15, 0.2) is 55.1 Å². The minimum Gasteiger partial charge on any atom is -1.00 e. The summed E-state index contributed by atoms with van der Waals surface area (Å²) in [5.41, 5.74) is 0.937. The Morgan fingerprint density at radius 1 is 1.00 bits per heavy atom. The third kappa shape index (κ3) is 10.9. The van der Waals surface area contributed by atoms with Crippen LogP contribution >= 0.6 is 0 Å². The molecule has 3 heterocycles. The van der Waals surface area contributed by atoms with E-state index in [1.807, 2.05) is 25.1 Å². The van der Waals surface area contributed by atoms with Crippen molar-refractivity contribution in [2.45, 2.75) is 32.5 Å². The van der Waals surface area contributed by atoms with Crippen LogP contribution in [0.25, 0.3) is 0 Å². The number of halogens is 1. The Balaban J connectivity index is 0.000000312. The number of benzene rings is 2. The van der Waals surface area contributed by atoms with Gasteiger partial charge in [0, 0.05) is 12.1 Å². The van der Waals surface area contributed by atoms with Crippen LogP contribution in [-0.2, 0) is 4.74 Å². The van der Waals surface area contributed by atoms with E-state index >= 15 is 0 Å². The van der Waals surface area contributed by atoms with E-state index in [4.69, 9.17) is 33.2 Å². The van der Waals surface area contributed by atoms with E-state index in [9.17, 15) is 5.11 Å². The molecule has 3 aliphatic rings. The van der Waals surface area contributed by atoms with Crippen LogP contribution in [0.2, 0.25) is 0 Å². The van der Waals surface area contributed by atoms with Gasteiger partial charge < -0.3 is 61.3 Å². The van der Waals surface area contributed by atoms with Crippen LogP contribution in [0.4, 0.5) is 0 Å². The molecule has 192 valence electrons. The molecule has 8 nitrogen and oxygen atoms in total. The largest absolute Gasteiger partial charge is 2.00 e. The zero-order chi connectivity index (χ0) is 24.3. The van der Waals surface area contributed by atoms with Gasteiger partial charge in [-0.3, -0.25) is 6.58 Å². The summed E-state index contributed by atoms with van der Waals surface area (Å²) >= 11 is 0. The second-order valence-electron chi connectivity index (χ2n) is 7.78. The first kappa shape index (κ1) is 31.9. The Hall–Kier alpha value is -2.11. The minimum absolute atomic E-state index is 0. The molecule has 0 saturated carbocycles. The summed E-state index contributed by atoms with van der Waals surface area (Å²) in [6.45, 7) is 12.8. The zero-order valence-electron chi connectivity index (χ0n) is 20.7. The SMILES string of the molecule is C=C(C)C[C@@H](O)COc1ccc2c(c1)OCO2.C=[C-]C.[Br-].[Mg+2].c1cc2c(cc1OC[C@@H]1CO1)OCO2. The molecule has 1 fully saturated rings. The molecular weight excluding hydrogens is 544 g/mol. The van der Waals surface area contributed by atoms with Gasteiger partial charge in [0.2, 0.25) is 13.6 Å². The van der Waals surface area contributed by atoms with Crippen molar-refractivity contribution in [3.05, 3.63) is 61.2 Å². The van der Waals surface area contributed by atoms with Crippen LogP contribution in [0.3, 0.4) is 0 Å². The van der Waals surface area contributed by atoms with Crippen LogP contribution in [-0.4, -0.2) is 73.8 Å². The average Bonchev–Trinajstić information content (AvgIpc) is 3.32. The summed E-state index contributed by atoms with van der Waals surface area (Å²) < 4.78 is 36.8. The topological polar surface area (TPSA) is 88.1 Å². The molecule has 1 saturated heterocycles. The van der Waals surface area contributed by atoms with Crippen molar-refractivity contribution in [3.63, 3.8) is 0 Å². The zero-order valence-corrected chi connectivity index (χ0v) is 23.7. The number of hydrogen-bond donors (Lipinski definition) is 1. The van der Waals surface area contributed by atoms with E-state index < -0.39 is 6.10 Å². The fraction of sp³-hybridized carbons (Fsp3) is 0.385. The number of allylic oxidation sites excluding steroid dienone is 1. The third-order valence-corrected chi connectivity index (χ3v) is 4.55. The number of epoxide rings is 1. The van der Waals surface area contributed by atoms with Crippen molar-refractivity contribution >= 4 is 23.1 Å². The smallest absolute Gasteiger partial charge is 1.00 e. The van der Waals surface area contributed by atoms with Crippen LogP contribution in [0.5, 0.6) is 34.5 Å². The van der Waals surface area contributed by atoms with Gasteiger partial charge in [0.1, 0.15) is 30.8 Å². The normalized spacial score (nSPS) is 15.8. The fourth-order valence-corrected chi connectivity index (χ4v) is 2.94. The molecular formula is C26H31BrMgO8. The van der Waals surface area contributed by atoms with Crippen molar-refractivity contribution in [3.8, 4) is 34.5 Å². The predicted molar refractivity (Wildman–Crippen MR) is 132 cm³/mol.